The molecule has 0 aliphatic heterocycles. The van der Waals surface area contributed by atoms with Crippen LogP contribution in [0.2, 0.25) is 0 Å². The second-order valence-electron chi connectivity index (χ2n) is 4.75. The summed E-state index contributed by atoms with van der Waals surface area (Å²) in [5.41, 5.74) is 2.62. The molecule has 4 nitrogen and oxygen atoms in total. The van der Waals surface area contributed by atoms with Crippen molar-refractivity contribution in [1.82, 2.24) is 5.32 Å². The van der Waals surface area contributed by atoms with Gasteiger partial charge in [-0.15, -0.1) is 0 Å². The summed E-state index contributed by atoms with van der Waals surface area (Å²) in [6.45, 7) is 0.351. The fourth-order valence-corrected chi connectivity index (χ4v) is 2.04. The Kier molecular flexibility index (Phi) is 5.74. The maximum absolute atomic E-state index is 11.9. The van der Waals surface area contributed by atoms with Gasteiger partial charge in [-0.1, -0.05) is 36.4 Å². The lowest BCUT2D eigenvalue weighted by molar-refractivity contribution is -0.116. The highest BCUT2D eigenvalue weighted by Gasteiger charge is 2.02. The van der Waals surface area contributed by atoms with Crippen LogP contribution in [0.15, 0.2) is 54.6 Å². The number of benzene rings is 2. The number of methoxy groups -OCH3 is 1. The standard InChI is InChI=1S/C18H19NO3/c1-22-17-8-4-5-14(11-17)9-10-18(21)19-12-15-6-2-3-7-16(15)13-20/h2-11,20H,12-13H2,1H3,(H,19,21)/b10-9+. The van der Waals surface area contributed by atoms with Crippen molar-refractivity contribution in [3.8, 4) is 5.75 Å². The number of carbonyl (C=O) groups is 1. The maximum Gasteiger partial charge on any atom is 0.244 e. The normalized spacial score (nSPS) is 10.6. The number of hydrogen-bond donors (Lipinski definition) is 2. The molecule has 0 aliphatic rings. The van der Waals surface area contributed by atoms with Gasteiger partial charge in [-0.05, 0) is 34.9 Å². The molecular weight excluding hydrogens is 278 g/mol. The van der Waals surface area contributed by atoms with E-state index in [2.05, 4.69) is 5.32 Å². The van der Waals surface area contributed by atoms with Crippen LogP contribution >= 0.6 is 0 Å². The summed E-state index contributed by atoms with van der Waals surface area (Å²) in [6, 6.07) is 14.9. The molecule has 0 spiro atoms. The zero-order valence-electron chi connectivity index (χ0n) is 12.5. The van der Waals surface area contributed by atoms with Gasteiger partial charge >= 0.3 is 0 Å². The number of ether oxygens (including phenoxy) is 1. The molecule has 0 aromatic heterocycles. The van der Waals surface area contributed by atoms with Crippen molar-refractivity contribution in [1.29, 1.82) is 0 Å². The number of amides is 1. The quantitative estimate of drug-likeness (QED) is 0.806. The molecule has 0 aliphatic carbocycles. The van der Waals surface area contributed by atoms with Crippen LogP contribution in [0.25, 0.3) is 6.08 Å². The van der Waals surface area contributed by atoms with Crippen molar-refractivity contribution in [3.63, 3.8) is 0 Å². The SMILES string of the molecule is COc1cccc(/C=C/C(=O)NCc2ccccc2CO)c1. The summed E-state index contributed by atoms with van der Waals surface area (Å²) in [7, 11) is 1.61. The van der Waals surface area contributed by atoms with Gasteiger partial charge in [0.1, 0.15) is 5.75 Å². The van der Waals surface area contributed by atoms with Crippen molar-refractivity contribution in [2.75, 3.05) is 7.11 Å². The number of nitrogens with one attached hydrogen (secondary N) is 1. The highest BCUT2D eigenvalue weighted by atomic mass is 16.5. The predicted molar refractivity (Wildman–Crippen MR) is 86.2 cm³/mol. The minimum Gasteiger partial charge on any atom is -0.497 e. The summed E-state index contributed by atoms with van der Waals surface area (Å²) < 4.78 is 5.13. The van der Waals surface area contributed by atoms with Crippen LogP contribution in [-0.2, 0) is 17.9 Å². The summed E-state index contributed by atoms with van der Waals surface area (Å²) >= 11 is 0. The lowest BCUT2D eigenvalue weighted by atomic mass is 10.1. The minimum atomic E-state index is -0.185. The van der Waals surface area contributed by atoms with Crippen LogP contribution in [0.4, 0.5) is 0 Å². The van der Waals surface area contributed by atoms with Crippen LogP contribution < -0.4 is 10.1 Å². The molecule has 2 N–H and O–H groups in total. The molecule has 1 amide bonds. The van der Waals surface area contributed by atoms with Crippen molar-refractivity contribution < 1.29 is 14.6 Å². The molecule has 114 valence electrons. The van der Waals surface area contributed by atoms with E-state index in [-0.39, 0.29) is 12.5 Å². The van der Waals surface area contributed by atoms with Gasteiger partial charge < -0.3 is 15.2 Å². The van der Waals surface area contributed by atoms with Crippen LogP contribution in [0.5, 0.6) is 5.75 Å². The zero-order chi connectivity index (χ0) is 15.8. The molecule has 0 bridgehead atoms. The van der Waals surface area contributed by atoms with Crippen LogP contribution in [-0.4, -0.2) is 18.1 Å². The van der Waals surface area contributed by atoms with E-state index in [1.165, 1.54) is 6.08 Å². The Morgan fingerprint density at radius 2 is 1.95 bits per heavy atom. The van der Waals surface area contributed by atoms with Crippen molar-refractivity contribution >= 4 is 12.0 Å². The Morgan fingerprint density at radius 1 is 1.18 bits per heavy atom. The Hall–Kier alpha value is -2.59. The van der Waals surface area contributed by atoms with Crippen LogP contribution in [0.3, 0.4) is 0 Å². The average Bonchev–Trinajstić information content (AvgIpc) is 2.58. The van der Waals surface area contributed by atoms with Gasteiger partial charge in [0.05, 0.1) is 13.7 Å². The summed E-state index contributed by atoms with van der Waals surface area (Å²) in [4.78, 5) is 11.9. The summed E-state index contributed by atoms with van der Waals surface area (Å²) in [6.07, 6.45) is 3.21. The largest absolute Gasteiger partial charge is 0.497 e. The number of hydrogen-bond acceptors (Lipinski definition) is 3. The van der Waals surface area contributed by atoms with Gasteiger partial charge in [0.15, 0.2) is 0 Å². The molecule has 0 saturated carbocycles. The van der Waals surface area contributed by atoms with E-state index in [0.717, 1.165) is 22.4 Å². The first-order valence-electron chi connectivity index (χ1n) is 7.00. The first kappa shape index (κ1) is 15.8. The smallest absolute Gasteiger partial charge is 0.244 e. The molecule has 2 aromatic carbocycles. The van der Waals surface area contributed by atoms with Gasteiger partial charge in [-0.25, -0.2) is 0 Å². The molecule has 0 atom stereocenters. The van der Waals surface area contributed by atoms with E-state index in [4.69, 9.17) is 4.74 Å². The molecule has 0 heterocycles. The molecule has 4 heteroatoms. The third-order valence-electron chi connectivity index (χ3n) is 3.26. The molecular formula is C18H19NO3. The van der Waals surface area contributed by atoms with E-state index in [9.17, 15) is 9.90 Å². The number of aliphatic hydroxyl groups excluding tert-OH is 1. The highest BCUT2D eigenvalue weighted by Crippen LogP contribution is 2.13. The number of rotatable bonds is 6. The van der Waals surface area contributed by atoms with Crippen LogP contribution in [0.1, 0.15) is 16.7 Å². The van der Waals surface area contributed by atoms with Crippen molar-refractivity contribution in [2.45, 2.75) is 13.2 Å². The summed E-state index contributed by atoms with van der Waals surface area (Å²) in [5.74, 6) is 0.565. The molecule has 22 heavy (non-hydrogen) atoms. The molecule has 0 radical (unpaired) electrons. The van der Waals surface area contributed by atoms with E-state index in [1.54, 1.807) is 13.2 Å². The van der Waals surface area contributed by atoms with E-state index < -0.39 is 0 Å². The third kappa shape index (κ3) is 4.46. The third-order valence-corrected chi connectivity index (χ3v) is 3.26. The molecule has 0 saturated heterocycles. The molecule has 0 fully saturated rings. The van der Waals surface area contributed by atoms with E-state index >= 15 is 0 Å². The Bertz CT molecular complexity index is 665. The van der Waals surface area contributed by atoms with Gasteiger partial charge in [-0.3, -0.25) is 4.79 Å². The Morgan fingerprint density at radius 3 is 2.68 bits per heavy atom. The second-order valence-corrected chi connectivity index (χ2v) is 4.75. The molecule has 0 unspecified atom stereocenters. The average molecular weight is 297 g/mol. The number of carbonyl (C=O) groups excluding carboxylic acids is 1. The van der Waals surface area contributed by atoms with Gasteiger partial charge in [-0.2, -0.15) is 0 Å². The predicted octanol–water partition coefficient (Wildman–Crippen LogP) is 2.52. The Balaban J connectivity index is 1.93. The van der Waals surface area contributed by atoms with Crippen LogP contribution in [0, 0.1) is 0 Å². The topological polar surface area (TPSA) is 58.6 Å². The molecule has 2 aromatic rings. The fourth-order valence-electron chi connectivity index (χ4n) is 2.04. The second kappa shape index (κ2) is 8.00. The first-order valence-corrected chi connectivity index (χ1v) is 7.00. The first-order chi connectivity index (χ1) is 10.7. The lowest BCUT2D eigenvalue weighted by Crippen LogP contribution is -2.21. The van der Waals surface area contributed by atoms with E-state index in [0.29, 0.717) is 6.54 Å². The lowest BCUT2D eigenvalue weighted by Gasteiger charge is -2.07. The van der Waals surface area contributed by atoms with Crippen molar-refractivity contribution in [2.24, 2.45) is 0 Å². The highest BCUT2D eigenvalue weighted by molar-refractivity contribution is 5.91. The van der Waals surface area contributed by atoms with Crippen molar-refractivity contribution in [3.05, 3.63) is 71.3 Å². The van der Waals surface area contributed by atoms with Gasteiger partial charge in [0.25, 0.3) is 0 Å². The minimum absolute atomic E-state index is 0.0360. The maximum atomic E-state index is 11.9. The zero-order valence-corrected chi connectivity index (χ0v) is 12.5. The number of aliphatic hydroxyl groups is 1. The fraction of sp³-hybridized carbons (Fsp3) is 0.167. The van der Waals surface area contributed by atoms with Gasteiger partial charge in [0, 0.05) is 12.6 Å². The molecule has 2 rings (SSSR count). The van der Waals surface area contributed by atoms with Gasteiger partial charge in [0.2, 0.25) is 5.91 Å². The van der Waals surface area contributed by atoms with E-state index in [1.807, 2.05) is 48.5 Å². The summed E-state index contributed by atoms with van der Waals surface area (Å²) in [5, 5.41) is 12.1. The Labute approximate surface area is 130 Å². The monoisotopic (exact) mass is 297 g/mol.